The second-order valence-corrected chi connectivity index (χ2v) is 7.74. The highest BCUT2D eigenvalue weighted by Gasteiger charge is 2.47. The summed E-state index contributed by atoms with van der Waals surface area (Å²) in [5.41, 5.74) is -0.266. The van der Waals surface area contributed by atoms with Gasteiger partial charge in [0.2, 0.25) is 6.29 Å². The molecule has 1 heterocycles. The maximum atomic E-state index is 12.2. The van der Waals surface area contributed by atoms with Crippen molar-refractivity contribution < 1.29 is 49.3 Å². The highest BCUT2D eigenvalue weighted by atomic mass is 16.8. The number of aliphatic hydroxyl groups is 4. The fraction of sp³-hybridized carbons (Fsp3) is 0.632. The summed E-state index contributed by atoms with van der Waals surface area (Å²) in [6.45, 7) is 5.07. The van der Waals surface area contributed by atoms with Crippen molar-refractivity contribution in [1.29, 1.82) is 0 Å². The predicted molar refractivity (Wildman–Crippen MR) is 98.0 cm³/mol. The molecule has 0 amide bonds. The molecule has 1 fully saturated rings. The van der Waals surface area contributed by atoms with Crippen molar-refractivity contribution in [3.05, 3.63) is 23.8 Å². The van der Waals surface area contributed by atoms with Crippen LogP contribution in [0.1, 0.15) is 26.3 Å². The lowest BCUT2D eigenvalue weighted by atomic mass is 10.0. The Morgan fingerprint density at radius 2 is 1.76 bits per heavy atom. The number of phenolic OH excluding ortho intramolecular Hbond substituents is 1. The van der Waals surface area contributed by atoms with Gasteiger partial charge in [0.05, 0.1) is 12.7 Å². The summed E-state index contributed by atoms with van der Waals surface area (Å²) in [5.74, 6) is -1.03. The molecule has 29 heavy (non-hydrogen) atoms. The number of carbonyl (C=O) groups excluding carboxylic acids is 1. The number of phenols is 1. The third-order valence-corrected chi connectivity index (χ3v) is 4.17. The van der Waals surface area contributed by atoms with Crippen LogP contribution in [0.3, 0.4) is 0 Å². The Morgan fingerprint density at radius 1 is 1.14 bits per heavy atom. The lowest BCUT2D eigenvalue weighted by molar-refractivity contribution is -0.357. The normalized spacial score (nSPS) is 28.6. The summed E-state index contributed by atoms with van der Waals surface area (Å²) >= 11 is 0. The minimum absolute atomic E-state index is 0.0931. The van der Waals surface area contributed by atoms with E-state index in [-0.39, 0.29) is 17.9 Å². The highest BCUT2D eigenvalue weighted by molar-refractivity contribution is 5.75. The Balaban J connectivity index is 2.03. The molecule has 0 radical (unpaired) electrons. The van der Waals surface area contributed by atoms with Crippen LogP contribution in [0.4, 0.5) is 0 Å². The van der Waals surface area contributed by atoms with Crippen molar-refractivity contribution in [2.75, 3.05) is 7.11 Å². The maximum Gasteiger partial charge on any atom is 0.337 e. The molecule has 6 unspecified atom stereocenters. The van der Waals surface area contributed by atoms with E-state index in [1.54, 1.807) is 20.8 Å². The van der Waals surface area contributed by atoms with Gasteiger partial charge in [0, 0.05) is 6.42 Å². The fourth-order valence-corrected chi connectivity index (χ4v) is 2.71. The van der Waals surface area contributed by atoms with Crippen molar-refractivity contribution in [2.45, 2.75) is 69.8 Å². The highest BCUT2D eigenvalue weighted by Crippen LogP contribution is 2.28. The summed E-state index contributed by atoms with van der Waals surface area (Å²) < 4.78 is 20.7. The van der Waals surface area contributed by atoms with Gasteiger partial charge < -0.3 is 44.5 Å². The molecule has 164 valence electrons. The zero-order valence-corrected chi connectivity index (χ0v) is 16.7. The van der Waals surface area contributed by atoms with Gasteiger partial charge in [-0.15, -0.1) is 0 Å². The molecule has 1 aliphatic rings. The van der Waals surface area contributed by atoms with Gasteiger partial charge in [-0.05, 0) is 38.5 Å². The van der Waals surface area contributed by atoms with Crippen LogP contribution < -0.4 is 4.74 Å². The Labute approximate surface area is 168 Å². The number of esters is 1. The molecule has 1 aromatic rings. The van der Waals surface area contributed by atoms with E-state index in [0.717, 1.165) is 0 Å². The van der Waals surface area contributed by atoms with Crippen molar-refractivity contribution in [2.24, 2.45) is 0 Å². The SMILES string of the molecule is COc1cc(CC(O)C(=O)OC2OC(OC(C)(C)C)C(O)C(O)C2O)ccc1O. The van der Waals surface area contributed by atoms with Crippen LogP contribution in [-0.2, 0) is 25.4 Å². The molecular weight excluding hydrogens is 388 g/mol. The average molecular weight is 416 g/mol. The standard InChI is InChI=1S/C19H28O10/c1-19(2,3)29-18-15(24)13(22)14(23)17(28-18)27-16(25)11(21)7-9-5-6-10(20)12(8-9)26-4/h5-6,8,11,13-15,17-18,20-24H,7H2,1-4H3. The third kappa shape index (κ3) is 6.01. The molecule has 5 N–H and O–H groups in total. The minimum atomic E-state index is -1.74. The van der Waals surface area contributed by atoms with E-state index in [0.29, 0.717) is 5.56 Å². The monoisotopic (exact) mass is 416 g/mol. The number of carbonyl (C=O) groups is 1. The van der Waals surface area contributed by atoms with E-state index >= 15 is 0 Å². The van der Waals surface area contributed by atoms with E-state index in [9.17, 15) is 30.3 Å². The molecule has 0 aromatic heterocycles. The van der Waals surface area contributed by atoms with Crippen molar-refractivity contribution >= 4 is 5.97 Å². The molecular formula is C19H28O10. The fourth-order valence-electron chi connectivity index (χ4n) is 2.71. The average Bonchev–Trinajstić information content (AvgIpc) is 2.64. The topological polar surface area (TPSA) is 155 Å². The van der Waals surface area contributed by atoms with Crippen molar-refractivity contribution in [3.8, 4) is 11.5 Å². The molecule has 10 nitrogen and oxygen atoms in total. The summed E-state index contributed by atoms with van der Waals surface area (Å²) in [6.07, 6.45) is -9.78. The largest absolute Gasteiger partial charge is 0.504 e. The second kappa shape index (κ2) is 9.24. The van der Waals surface area contributed by atoms with Crippen LogP contribution in [-0.4, -0.2) is 81.2 Å². The van der Waals surface area contributed by atoms with E-state index in [2.05, 4.69) is 0 Å². The number of rotatable bonds is 6. The maximum absolute atomic E-state index is 12.2. The molecule has 0 bridgehead atoms. The number of aromatic hydroxyl groups is 1. The number of aliphatic hydroxyl groups excluding tert-OH is 4. The van der Waals surface area contributed by atoms with Gasteiger partial charge in [0.1, 0.15) is 18.3 Å². The Morgan fingerprint density at radius 3 is 2.34 bits per heavy atom. The van der Waals surface area contributed by atoms with E-state index < -0.39 is 48.6 Å². The van der Waals surface area contributed by atoms with Gasteiger partial charge >= 0.3 is 5.97 Å². The van der Waals surface area contributed by atoms with E-state index in [4.69, 9.17) is 18.9 Å². The van der Waals surface area contributed by atoms with Gasteiger partial charge in [-0.1, -0.05) is 6.07 Å². The quantitative estimate of drug-likeness (QED) is 0.381. The van der Waals surface area contributed by atoms with E-state index in [1.165, 1.54) is 25.3 Å². The minimum Gasteiger partial charge on any atom is -0.504 e. The Hall–Kier alpha value is -1.95. The zero-order chi connectivity index (χ0) is 21.9. The molecule has 0 aliphatic carbocycles. The van der Waals surface area contributed by atoms with Crippen LogP contribution in [0.25, 0.3) is 0 Å². The summed E-state index contributed by atoms with van der Waals surface area (Å²) in [6, 6.07) is 4.30. The van der Waals surface area contributed by atoms with Gasteiger partial charge in [-0.25, -0.2) is 4.79 Å². The Bertz CT molecular complexity index is 701. The molecule has 0 spiro atoms. The van der Waals surface area contributed by atoms with E-state index in [1.807, 2.05) is 0 Å². The summed E-state index contributed by atoms with van der Waals surface area (Å²) in [7, 11) is 1.36. The van der Waals surface area contributed by atoms with Crippen LogP contribution in [0.2, 0.25) is 0 Å². The van der Waals surface area contributed by atoms with Crippen LogP contribution in [0, 0.1) is 0 Å². The van der Waals surface area contributed by atoms with Gasteiger partial charge in [-0.2, -0.15) is 0 Å². The number of hydrogen-bond acceptors (Lipinski definition) is 10. The number of ether oxygens (including phenoxy) is 4. The molecule has 2 rings (SSSR count). The van der Waals surface area contributed by atoms with Crippen LogP contribution >= 0.6 is 0 Å². The van der Waals surface area contributed by atoms with Gasteiger partial charge in [-0.3, -0.25) is 0 Å². The Kier molecular flexibility index (Phi) is 7.44. The summed E-state index contributed by atoms with van der Waals surface area (Å²) in [5, 5.41) is 49.8. The first-order valence-electron chi connectivity index (χ1n) is 9.05. The predicted octanol–water partition coefficient (Wildman–Crippen LogP) is -0.572. The third-order valence-electron chi connectivity index (χ3n) is 4.17. The lowest BCUT2D eigenvalue weighted by Crippen LogP contribution is -2.60. The summed E-state index contributed by atoms with van der Waals surface area (Å²) in [4.78, 5) is 12.2. The van der Waals surface area contributed by atoms with Crippen LogP contribution in [0.15, 0.2) is 18.2 Å². The van der Waals surface area contributed by atoms with Gasteiger partial charge in [0.15, 0.2) is 23.9 Å². The molecule has 1 aromatic carbocycles. The zero-order valence-electron chi connectivity index (χ0n) is 16.7. The van der Waals surface area contributed by atoms with Crippen molar-refractivity contribution in [3.63, 3.8) is 0 Å². The first-order chi connectivity index (χ1) is 13.4. The molecule has 10 heteroatoms. The molecule has 0 saturated carbocycles. The van der Waals surface area contributed by atoms with Crippen molar-refractivity contribution in [1.82, 2.24) is 0 Å². The molecule has 6 atom stereocenters. The van der Waals surface area contributed by atoms with Crippen LogP contribution in [0.5, 0.6) is 11.5 Å². The first kappa shape index (κ1) is 23.3. The smallest absolute Gasteiger partial charge is 0.337 e. The number of hydrogen-bond donors (Lipinski definition) is 5. The molecule has 1 saturated heterocycles. The molecule has 1 aliphatic heterocycles. The van der Waals surface area contributed by atoms with Gasteiger partial charge in [0.25, 0.3) is 0 Å². The number of methoxy groups -OCH3 is 1. The second-order valence-electron chi connectivity index (χ2n) is 7.74. The first-order valence-corrected chi connectivity index (χ1v) is 9.05. The lowest BCUT2D eigenvalue weighted by Gasteiger charge is -2.41. The number of benzene rings is 1.